The van der Waals surface area contributed by atoms with Gasteiger partial charge in [-0.2, -0.15) is 0 Å². The van der Waals surface area contributed by atoms with Gasteiger partial charge < -0.3 is 10.6 Å². The molecule has 1 atom stereocenters. The molecule has 1 heterocycles. The van der Waals surface area contributed by atoms with Gasteiger partial charge in [-0.05, 0) is 49.5 Å². The Morgan fingerprint density at radius 2 is 2.30 bits per heavy atom. The van der Waals surface area contributed by atoms with Crippen LogP contribution in [-0.4, -0.2) is 19.0 Å². The topological polar surface area (TPSA) is 41.1 Å². The Morgan fingerprint density at radius 1 is 1.50 bits per heavy atom. The molecular formula is C16H23BrN2O. The lowest BCUT2D eigenvalue weighted by Crippen LogP contribution is -2.47. The number of piperidine rings is 1. The molecule has 0 spiro atoms. The molecule has 2 N–H and O–H groups in total. The van der Waals surface area contributed by atoms with Crippen LogP contribution in [0.2, 0.25) is 0 Å². The number of nitrogens with one attached hydrogen (secondary N) is 2. The molecule has 1 aromatic carbocycles. The van der Waals surface area contributed by atoms with Crippen LogP contribution < -0.4 is 10.6 Å². The Hall–Kier alpha value is -0.870. The van der Waals surface area contributed by atoms with Gasteiger partial charge in [0.1, 0.15) is 0 Å². The minimum Gasteiger partial charge on any atom is -0.352 e. The minimum absolute atomic E-state index is 0.145. The van der Waals surface area contributed by atoms with Gasteiger partial charge >= 0.3 is 0 Å². The second-order valence-electron chi connectivity index (χ2n) is 6.08. The van der Waals surface area contributed by atoms with Gasteiger partial charge in [0.05, 0.1) is 0 Å². The summed E-state index contributed by atoms with van der Waals surface area (Å²) in [6.45, 7) is 6.72. The second-order valence-corrected chi connectivity index (χ2v) is 6.99. The zero-order valence-corrected chi connectivity index (χ0v) is 13.8. The number of amides is 1. The molecule has 0 aliphatic carbocycles. The number of benzene rings is 1. The fourth-order valence-electron chi connectivity index (χ4n) is 2.71. The van der Waals surface area contributed by atoms with Gasteiger partial charge in [0.15, 0.2) is 0 Å². The first kappa shape index (κ1) is 15.5. The number of hydrogen-bond donors (Lipinski definition) is 2. The van der Waals surface area contributed by atoms with E-state index < -0.39 is 0 Å². The van der Waals surface area contributed by atoms with E-state index in [0.29, 0.717) is 12.5 Å². The first-order valence-electron chi connectivity index (χ1n) is 7.23. The molecule has 1 aliphatic heterocycles. The maximum Gasteiger partial charge on any atom is 0.226 e. The van der Waals surface area contributed by atoms with Crippen LogP contribution in [0.3, 0.4) is 0 Å². The average Bonchev–Trinajstić information content (AvgIpc) is 2.45. The summed E-state index contributed by atoms with van der Waals surface area (Å²) in [6, 6.07) is 8.04. The van der Waals surface area contributed by atoms with Gasteiger partial charge in [-0.15, -0.1) is 0 Å². The minimum atomic E-state index is -0.320. The smallest absolute Gasteiger partial charge is 0.226 e. The van der Waals surface area contributed by atoms with Crippen LogP contribution in [0.1, 0.15) is 32.3 Å². The van der Waals surface area contributed by atoms with Gasteiger partial charge in [-0.3, -0.25) is 4.79 Å². The molecule has 0 radical (unpaired) electrons. The molecule has 2 rings (SSSR count). The molecule has 1 fully saturated rings. The predicted octanol–water partition coefficient (Wildman–Crippen LogP) is 3.09. The third kappa shape index (κ3) is 3.83. The van der Waals surface area contributed by atoms with E-state index in [4.69, 9.17) is 0 Å². The summed E-state index contributed by atoms with van der Waals surface area (Å²) in [5.74, 6) is 0.560. The molecule has 20 heavy (non-hydrogen) atoms. The van der Waals surface area contributed by atoms with Crippen molar-refractivity contribution in [1.29, 1.82) is 0 Å². The monoisotopic (exact) mass is 338 g/mol. The lowest BCUT2D eigenvalue weighted by atomic mass is 9.74. The fourth-order valence-corrected chi connectivity index (χ4v) is 3.16. The third-order valence-corrected chi connectivity index (χ3v) is 4.74. The van der Waals surface area contributed by atoms with Crippen molar-refractivity contribution in [1.82, 2.24) is 10.6 Å². The number of halogens is 1. The molecule has 0 bridgehead atoms. The van der Waals surface area contributed by atoms with E-state index in [1.54, 1.807) is 0 Å². The van der Waals surface area contributed by atoms with Crippen LogP contribution in [0.5, 0.6) is 0 Å². The zero-order valence-electron chi connectivity index (χ0n) is 12.2. The van der Waals surface area contributed by atoms with E-state index in [1.807, 2.05) is 24.3 Å². The van der Waals surface area contributed by atoms with Crippen LogP contribution in [0.15, 0.2) is 28.7 Å². The number of rotatable bonds is 4. The largest absolute Gasteiger partial charge is 0.352 e. The van der Waals surface area contributed by atoms with Crippen LogP contribution in [0, 0.1) is 11.3 Å². The Bertz CT molecular complexity index is 467. The molecule has 0 saturated carbocycles. The number of carbonyl (C=O) groups is 1. The molecule has 1 saturated heterocycles. The van der Waals surface area contributed by atoms with E-state index in [1.165, 1.54) is 0 Å². The van der Waals surface area contributed by atoms with Crippen molar-refractivity contribution in [2.75, 3.05) is 13.1 Å². The van der Waals surface area contributed by atoms with Gasteiger partial charge in [-0.1, -0.05) is 41.9 Å². The maximum atomic E-state index is 12.5. The zero-order chi connectivity index (χ0) is 14.6. The number of hydrogen-bond acceptors (Lipinski definition) is 2. The second kappa shape index (κ2) is 6.72. The van der Waals surface area contributed by atoms with Crippen LogP contribution in [0.25, 0.3) is 0 Å². The van der Waals surface area contributed by atoms with E-state index in [0.717, 1.165) is 36.0 Å². The molecule has 1 aliphatic rings. The van der Waals surface area contributed by atoms with E-state index in [-0.39, 0.29) is 11.3 Å². The summed E-state index contributed by atoms with van der Waals surface area (Å²) in [5, 5.41) is 6.47. The summed E-state index contributed by atoms with van der Waals surface area (Å²) in [5.41, 5.74) is 0.796. The molecule has 110 valence electrons. The molecule has 1 unspecified atom stereocenters. The van der Waals surface area contributed by atoms with E-state index in [9.17, 15) is 4.79 Å². The summed E-state index contributed by atoms with van der Waals surface area (Å²) < 4.78 is 1.04. The Balaban J connectivity index is 1.93. The van der Waals surface area contributed by atoms with Crippen LogP contribution in [0.4, 0.5) is 0 Å². The normalized spacial score (nSPS) is 19.6. The van der Waals surface area contributed by atoms with Crippen molar-refractivity contribution in [2.24, 2.45) is 11.3 Å². The van der Waals surface area contributed by atoms with E-state index in [2.05, 4.69) is 40.4 Å². The highest BCUT2D eigenvalue weighted by Gasteiger charge is 2.36. The standard InChI is InChI=1S/C16H23BrN2O/c1-16(2,13-6-4-8-18-11-13)15(20)19-10-12-5-3-7-14(17)9-12/h3,5,7,9,13,18H,4,6,8,10-11H2,1-2H3,(H,19,20). The van der Waals surface area contributed by atoms with Crippen molar-refractivity contribution in [2.45, 2.75) is 33.2 Å². The Kier molecular flexibility index (Phi) is 5.22. The maximum absolute atomic E-state index is 12.5. The van der Waals surface area contributed by atoms with Crippen molar-refractivity contribution in [3.8, 4) is 0 Å². The molecule has 4 heteroatoms. The summed E-state index contributed by atoms with van der Waals surface area (Å²) in [7, 11) is 0. The van der Waals surface area contributed by atoms with Gasteiger partial charge in [0, 0.05) is 16.4 Å². The lowest BCUT2D eigenvalue weighted by molar-refractivity contribution is -0.132. The quantitative estimate of drug-likeness (QED) is 0.885. The van der Waals surface area contributed by atoms with E-state index >= 15 is 0 Å². The molecular weight excluding hydrogens is 316 g/mol. The molecule has 1 amide bonds. The first-order chi connectivity index (χ1) is 9.50. The van der Waals surface area contributed by atoms with Crippen molar-refractivity contribution in [3.63, 3.8) is 0 Å². The predicted molar refractivity (Wildman–Crippen MR) is 85.4 cm³/mol. The highest BCUT2D eigenvalue weighted by Crippen LogP contribution is 2.32. The third-order valence-electron chi connectivity index (χ3n) is 4.24. The van der Waals surface area contributed by atoms with Gasteiger partial charge in [0.25, 0.3) is 0 Å². The van der Waals surface area contributed by atoms with Crippen molar-refractivity contribution in [3.05, 3.63) is 34.3 Å². The first-order valence-corrected chi connectivity index (χ1v) is 8.03. The lowest BCUT2D eigenvalue weighted by Gasteiger charge is -2.36. The van der Waals surface area contributed by atoms with Gasteiger partial charge in [0.2, 0.25) is 5.91 Å². The summed E-state index contributed by atoms with van der Waals surface area (Å²) in [4.78, 5) is 12.5. The average molecular weight is 339 g/mol. The Labute approximate surface area is 129 Å². The van der Waals surface area contributed by atoms with Gasteiger partial charge in [-0.25, -0.2) is 0 Å². The molecule has 3 nitrogen and oxygen atoms in total. The summed E-state index contributed by atoms with van der Waals surface area (Å²) in [6.07, 6.45) is 2.29. The molecule has 0 aromatic heterocycles. The highest BCUT2D eigenvalue weighted by molar-refractivity contribution is 9.10. The van der Waals surface area contributed by atoms with Crippen LogP contribution in [-0.2, 0) is 11.3 Å². The Morgan fingerprint density at radius 3 is 2.95 bits per heavy atom. The summed E-state index contributed by atoms with van der Waals surface area (Å²) >= 11 is 3.45. The highest BCUT2D eigenvalue weighted by atomic mass is 79.9. The van der Waals surface area contributed by atoms with Crippen molar-refractivity contribution >= 4 is 21.8 Å². The SMILES string of the molecule is CC(C)(C(=O)NCc1cccc(Br)c1)C1CCCNC1. The molecule has 1 aromatic rings. The fraction of sp³-hybridized carbons (Fsp3) is 0.562. The van der Waals surface area contributed by atoms with Crippen LogP contribution >= 0.6 is 15.9 Å². The van der Waals surface area contributed by atoms with Crippen molar-refractivity contribution < 1.29 is 4.79 Å². The number of carbonyl (C=O) groups excluding carboxylic acids is 1.